The topological polar surface area (TPSA) is 61.4 Å². The van der Waals surface area contributed by atoms with Crippen molar-refractivity contribution in [1.29, 1.82) is 0 Å². The molecule has 1 amide bonds. The lowest BCUT2D eigenvalue weighted by atomic mass is 9.97. The summed E-state index contributed by atoms with van der Waals surface area (Å²) < 4.78 is 0. The second kappa shape index (κ2) is 5.47. The fourth-order valence-electron chi connectivity index (χ4n) is 2.08. The summed E-state index contributed by atoms with van der Waals surface area (Å²) >= 11 is 0. The summed E-state index contributed by atoms with van der Waals surface area (Å²) in [6.45, 7) is 7.45. The summed E-state index contributed by atoms with van der Waals surface area (Å²) in [7, 11) is 0. The molecule has 1 aliphatic rings. The molecule has 4 atom stereocenters. The first kappa shape index (κ1) is 12.5. The molecule has 4 heteroatoms. The first-order valence-electron chi connectivity index (χ1n) is 5.70. The SMILES string of the molecule is CC(O)CC(C)NC(=O)[C@@H]1CNC[C@H]1C. The zero-order valence-electron chi connectivity index (χ0n) is 9.79. The number of carbonyl (C=O) groups is 1. The van der Waals surface area contributed by atoms with E-state index in [1.165, 1.54) is 0 Å². The summed E-state index contributed by atoms with van der Waals surface area (Å²) in [4.78, 5) is 11.8. The van der Waals surface area contributed by atoms with Gasteiger partial charge in [0.05, 0.1) is 12.0 Å². The molecule has 15 heavy (non-hydrogen) atoms. The number of nitrogens with one attached hydrogen (secondary N) is 2. The molecule has 1 aliphatic heterocycles. The second-order valence-corrected chi connectivity index (χ2v) is 4.74. The van der Waals surface area contributed by atoms with Crippen LogP contribution < -0.4 is 10.6 Å². The molecule has 1 saturated heterocycles. The molecule has 0 aromatic carbocycles. The van der Waals surface area contributed by atoms with Gasteiger partial charge in [-0.1, -0.05) is 6.92 Å². The van der Waals surface area contributed by atoms with Gasteiger partial charge in [-0.15, -0.1) is 0 Å². The standard InChI is InChI=1S/C11H22N2O2/c1-7-5-12-6-10(7)11(15)13-8(2)4-9(3)14/h7-10,12,14H,4-6H2,1-3H3,(H,13,15)/t7-,8?,9?,10-/m1/s1. The molecule has 3 N–H and O–H groups in total. The second-order valence-electron chi connectivity index (χ2n) is 4.74. The molecule has 0 spiro atoms. The zero-order chi connectivity index (χ0) is 11.4. The summed E-state index contributed by atoms with van der Waals surface area (Å²) in [5.41, 5.74) is 0. The van der Waals surface area contributed by atoms with Crippen molar-refractivity contribution in [3.05, 3.63) is 0 Å². The molecule has 1 rings (SSSR count). The predicted octanol–water partition coefficient (Wildman–Crippen LogP) is 0.118. The Morgan fingerprint density at radius 3 is 2.67 bits per heavy atom. The van der Waals surface area contributed by atoms with Gasteiger partial charge in [0.1, 0.15) is 0 Å². The number of rotatable bonds is 4. The predicted molar refractivity (Wildman–Crippen MR) is 59.4 cm³/mol. The number of amides is 1. The normalized spacial score (nSPS) is 29.9. The summed E-state index contributed by atoms with van der Waals surface area (Å²) in [6.07, 6.45) is 0.250. The third kappa shape index (κ3) is 3.80. The molecular formula is C11H22N2O2. The van der Waals surface area contributed by atoms with E-state index in [0.717, 1.165) is 13.1 Å². The van der Waals surface area contributed by atoms with Gasteiger partial charge in [0.25, 0.3) is 0 Å². The Bertz CT molecular complexity index is 219. The van der Waals surface area contributed by atoms with Crippen LogP contribution in [-0.2, 0) is 4.79 Å². The van der Waals surface area contributed by atoms with E-state index in [9.17, 15) is 9.90 Å². The van der Waals surface area contributed by atoms with E-state index in [2.05, 4.69) is 17.6 Å². The molecule has 88 valence electrons. The fraction of sp³-hybridized carbons (Fsp3) is 0.909. The third-order valence-electron chi connectivity index (χ3n) is 2.94. The third-order valence-corrected chi connectivity index (χ3v) is 2.94. The lowest BCUT2D eigenvalue weighted by Crippen LogP contribution is -2.40. The highest BCUT2D eigenvalue weighted by atomic mass is 16.3. The van der Waals surface area contributed by atoms with Gasteiger partial charge in [-0.3, -0.25) is 4.79 Å². The smallest absolute Gasteiger partial charge is 0.224 e. The van der Waals surface area contributed by atoms with Gasteiger partial charge in [-0.05, 0) is 32.7 Å². The maximum atomic E-state index is 11.8. The van der Waals surface area contributed by atoms with Gasteiger partial charge >= 0.3 is 0 Å². The van der Waals surface area contributed by atoms with E-state index in [0.29, 0.717) is 12.3 Å². The van der Waals surface area contributed by atoms with Crippen LogP contribution in [0.4, 0.5) is 0 Å². The first-order valence-corrected chi connectivity index (χ1v) is 5.70. The van der Waals surface area contributed by atoms with Crippen LogP contribution in [0.5, 0.6) is 0 Å². The minimum Gasteiger partial charge on any atom is -0.393 e. The van der Waals surface area contributed by atoms with Gasteiger partial charge in [-0.2, -0.15) is 0 Å². The Hall–Kier alpha value is -0.610. The summed E-state index contributed by atoms with van der Waals surface area (Å²) in [5, 5.41) is 15.3. The van der Waals surface area contributed by atoms with Crippen molar-refractivity contribution in [3.63, 3.8) is 0 Å². The maximum absolute atomic E-state index is 11.8. The molecule has 2 unspecified atom stereocenters. The largest absolute Gasteiger partial charge is 0.393 e. The highest BCUT2D eigenvalue weighted by Gasteiger charge is 2.30. The highest BCUT2D eigenvalue weighted by Crippen LogP contribution is 2.16. The van der Waals surface area contributed by atoms with Crippen molar-refractivity contribution >= 4 is 5.91 Å². The van der Waals surface area contributed by atoms with E-state index in [1.807, 2.05) is 6.92 Å². The molecule has 0 bridgehead atoms. The van der Waals surface area contributed by atoms with Gasteiger partial charge < -0.3 is 15.7 Å². The molecule has 0 aromatic heterocycles. The molecule has 0 aromatic rings. The average Bonchev–Trinajstić information content (AvgIpc) is 2.49. The lowest BCUT2D eigenvalue weighted by molar-refractivity contribution is -0.126. The summed E-state index contributed by atoms with van der Waals surface area (Å²) in [6, 6.07) is 0.0466. The Morgan fingerprint density at radius 1 is 1.53 bits per heavy atom. The van der Waals surface area contributed by atoms with E-state index in [1.54, 1.807) is 6.92 Å². The van der Waals surface area contributed by atoms with Gasteiger partial charge in [0.15, 0.2) is 0 Å². The average molecular weight is 214 g/mol. The van der Waals surface area contributed by atoms with Crippen LogP contribution in [0.25, 0.3) is 0 Å². The zero-order valence-corrected chi connectivity index (χ0v) is 9.79. The van der Waals surface area contributed by atoms with Crippen molar-refractivity contribution in [2.45, 2.75) is 39.3 Å². The monoisotopic (exact) mass is 214 g/mol. The maximum Gasteiger partial charge on any atom is 0.224 e. The van der Waals surface area contributed by atoms with Crippen molar-refractivity contribution in [1.82, 2.24) is 10.6 Å². The van der Waals surface area contributed by atoms with Crippen molar-refractivity contribution in [2.75, 3.05) is 13.1 Å². The van der Waals surface area contributed by atoms with Crippen molar-refractivity contribution in [3.8, 4) is 0 Å². The molecule has 1 fully saturated rings. The molecule has 0 saturated carbocycles. The Balaban J connectivity index is 2.34. The summed E-state index contributed by atoms with van der Waals surface area (Å²) in [5.74, 6) is 0.603. The van der Waals surface area contributed by atoms with Gasteiger partial charge in [-0.25, -0.2) is 0 Å². The number of carbonyl (C=O) groups excluding carboxylic acids is 1. The minimum atomic E-state index is -0.362. The minimum absolute atomic E-state index is 0.0466. The van der Waals surface area contributed by atoms with Crippen molar-refractivity contribution in [2.24, 2.45) is 11.8 Å². The van der Waals surface area contributed by atoms with Crippen LogP contribution in [0.3, 0.4) is 0 Å². The fourth-order valence-corrected chi connectivity index (χ4v) is 2.08. The highest BCUT2D eigenvalue weighted by molar-refractivity contribution is 5.79. The molecular weight excluding hydrogens is 192 g/mol. The number of aliphatic hydroxyl groups is 1. The Kier molecular flexibility index (Phi) is 4.54. The van der Waals surface area contributed by atoms with E-state index < -0.39 is 0 Å². The molecule has 1 heterocycles. The Labute approximate surface area is 91.4 Å². The van der Waals surface area contributed by atoms with Crippen LogP contribution in [-0.4, -0.2) is 36.2 Å². The van der Waals surface area contributed by atoms with Crippen molar-refractivity contribution < 1.29 is 9.90 Å². The first-order chi connectivity index (χ1) is 7.00. The van der Waals surface area contributed by atoms with Gasteiger partial charge in [0.2, 0.25) is 5.91 Å². The van der Waals surface area contributed by atoms with Crippen LogP contribution >= 0.6 is 0 Å². The quantitative estimate of drug-likeness (QED) is 0.623. The molecule has 0 radical (unpaired) electrons. The van der Waals surface area contributed by atoms with Crippen LogP contribution in [0.1, 0.15) is 27.2 Å². The lowest BCUT2D eigenvalue weighted by Gasteiger charge is -2.19. The number of hydrogen-bond acceptors (Lipinski definition) is 3. The van der Waals surface area contributed by atoms with E-state index in [4.69, 9.17) is 0 Å². The van der Waals surface area contributed by atoms with Crippen LogP contribution in [0, 0.1) is 11.8 Å². The Morgan fingerprint density at radius 2 is 2.20 bits per heavy atom. The van der Waals surface area contributed by atoms with Crippen LogP contribution in [0.15, 0.2) is 0 Å². The van der Waals surface area contributed by atoms with Gasteiger partial charge in [0, 0.05) is 12.6 Å². The van der Waals surface area contributed by atoms with E-state index >= 15 is 0 Å². The van der Waals surface area contributed by atoms with Crippen LogP contribution in [0.2, 0.25) is 0 Å². The number of aliphatic hydroxyl groups excluding tert-OH is 1. The molecule has 4 nitrogen and oxygen atoms in total. The van der Waals surface area contributed by atoms with E-state index in [-0.39, 0.29) is 24.0 Å². The molecule has 0 aliphatic carbocycles. The number of hydrogen-bond donors (Lipinski definition) is 3.